The number of nitrogens with zero attached hydrogens (tertiary/aromatic N) is 4. The van der Waals surface area contributed by atoms with Gasteiger partial charge in [0.15, 0.2) is 11.0 Å². The number of carboxylic acid groups (broad SMARTS) is 1. The van der Waals surface area contributed by atoms with Gasteiger partial charge in [-0.15, -0.1) is 0 Å². The number of rotatable bonds is 2. The molecule has 120 valence electrons. The minimum absolute atomic E-state index is 0.000757. The predicted octanol–water partition coefficient (Wildman–Crippen LogP) is 2.32. The highest BCUT2D eigenvalue weighted by molar-refractivity contribution is 6.30. The van der Waals surface area contributed by atoms with Gasteiger partial charge in [0.05, 0.1) is 10.9 Å². The van der Waals surface area contributed by atoms with Crippen molar-refractivity contribution in [1.29, 1.82) is 0 Å². The molecule has 1 saturated carbocycles. The minimum Gasteiger partial charge on any atom is -0.465 e. The number of amides is 1. The molecule has 23 heavy (non-hydrogen) atoms. The standard InChI is InChI=1S/C13H10Cl2FN5O2/c14-9-7(16)8-6(2-17-9)10(19-11(15)18-8)21-3-5-1-13(5,4-21)20-12(22)23/h2,5,20H,1,3-4H2,(H,22,23)/t5-,13-/m0/s1. The van der Waals surface area contributed by atoms with Crippen molar-refractivity contribution in [2.75, 3.05) is 18.0 Å². The average Bonchev–Trinajstić information content (AvgIpc) is 3.01. The van der Waals surface area contributed by atoms with Gasteiger partial charge in [0, 0.05) is 25.2 Å². The van der Waals surface area contributed by atoms with Crippen LogP contribution in [0.2, 0.25) is 10.4 Å². The first-order valence-corrected chi connectivity index (χ1v) is 7.58. The number of piperidine rings is 1. The van der Waals surface area contributed by atoms with Crippen molar-refractivity contribution in [3.63, 3.8) is 0 Å². The van der Waals surface area contributed by atoms with Crippen molar-refractivity contribution in [1.82, 2.24) is 20.3 Å². The quantitative estimate of drug-likeness (QED) is 0.633. The third-order valence-electron chi connectivity index (χ3n) is 4.40. The van der Waals surface area contributed by atoms with Crippen molar-refractivity contribution in [2.24, 2.45) is 5.92 Å². The van der Waals surface area contributed by atoms with E-state index in [0.717, 1.165) is 6.42 Å². The third-order valence-corrected chi connectivity index (χ3v) is 4.83. The third kappa shape index (κ3) is 2.24. The molecule has 2 atom stereocenters. The highest BCUT2D eigenvalue weighted by atomic mass is 35.5. The molecule has 7 nitrogen and oxygen atoms in total. The Balaban J connectivity index is 1.76. The number of hydrogen-bond donors (Lipinski definition) is 2. The summed E-state index contributed by atoms with van der Waals surface area (Å²) in [6.07, 6.45) is 1.12. The molecule has 2 fully saturated rings. The largest absolute Gasteiger partial charge is 0.465 e. The number of pyridine rings is 1. The molecule has 0 bridgehead atoms. The number of hydrogen-bond acceptors (Lipinski definition) is 5. The fraction of sp³-hybridized carbons (Fsp3) is 0.385. The molecule has 1 aliphatic carbocycles. The van der Waals surface area contributed by atoms with Crippen LogP contribution in [0.3, 0.4) is 0 Å². The Morgan fingerprint density at radius 3 is 3.00 bits per heavy atom. The van der Waals surface area contributed by atoms with Crippen LogP contribution in [-0.4, -0.2) is 44.8 Å². The van der Waals surface area contributed by atoms with E-state index in [1.807, 2.05) is 4.90 Å². The van der Waals surface area contributed by atoms with Gasteiger partial charge in [-0.05, 0) is 18.0 Å². The molecule has 2 N–H and O–H groups in total. The highest BCUT2D eigenvalue weighted by Gasteiger charge is 2.61. The lowest BCUT2D eigenvalue weighted by molar-refractivity contribution is 0.188. The van der Waals surface area contributed by atoms with Crippen LogP contribution >= 0.6 is 23.2 Å². The first-order valence-electron chi connectivity index (χ1n) is 6.83. The van der Waals surface area contributed by atoms with Gasteiger partial charge < -0.3 is 15.3 Å². The molecular formula is C13H10Cl2FN5O2. The van der Waals surface area contributed by atoms with Crippen molar-refractivity contribution in [2.45, 2.75) is 12.0 Å². The molecule has 3 heterocycles. The SMILES string of the molecule is O=C(O)N[C@]12C[C@H]1CN(c1nc(Cl)nc3c(F)c(Cl)ncc13)C2. The van der Waals surface area contributed by atoms with E-state index in [-0.39, 0.29) is 21.9 Å². The number of fused-ring (bicyclic) bond motifs is 2. The summed E-state index contributed by atoms with van der Waals surface area (Å²) in [6, 6.07) is 0. The van der Waals surface area contributed by atoms with E-state index in [0.29, 0.717) is 24.3 Å². The van der Waals surface area contributed by atoms with Gasteiger partial charge in [-0.1, -0.05) is 11.6 Å². The number of anilines is 1. The first kappa shape index (κ1) is 14.6. The van der Waals surface area contributed by atoms with E-state index in [2.05, 4.69) is 20.3 Å². The Labute approximate surface area is 139 Å². The Hall–Kier alpha value is -1.93. The summed E-state index contributed by atoms with van der Waals surface area (Å²) in [5, 5.41) is 11.5. The minimum atomic E-state index is -1.06. The monoisotopic (exact) mass is 357 g/mol. The molecule has 2 aromatic heterocycles. The molecule has 2 aromatic rings. The van der Waals surface area contributed by atoms with Crippen molar-refractivity contribution in [3.8, 4) is 0 Å². The number of halogens is 3. The summed E-state index contributed by atoms with van der Waals surface area (Å²) >= 11 is 11.6. The van der Waals surface area contributed by atoms with Gasteiger partial charge in [0.25, 0.3) is 0 Å². The number of carbonyl (C=O) groups is 1. The molecule has 4 rings (SSSR count). The highest BCUT2D eigenvalue weighted by Crippen LogP contribution is 2.51. The summed E-state index contributed by atoms with van der Waals surface area (Å²) in [5.74, 6) is -0.119. The summed E-state index contributed by atoms with van der Waals surface area (Å²) in [7, 11) is 0. The zero-order chi connectivity index (χ0) is 16.4. The maximum Gasteiger partial charge on any atom is 0.405 e. The second-order valence-corrected chi connectivity index (χ2v) is 6.51. The molecule has 2 aliphatic rings. The van der Waals surface area contributed by atoms with Crippen molar-refractivity contribution >= 4 is 46.0 Å². The van der Waals surface area contributed by atoms with Crippen molar-refractivity contribution in [3.05, 3.63) is 22.5 Å². The second-order valence-electron chi connectivity index (χ2n) is 5.81. The Kier molecular flexibility index (Phi) is 3.05. The first-order chi connectivity index (χ1) is 10.9. The normalized spacial score (nSPS) is 25.5. The maximum atomic E-state index is 14.1. The van der Waals surface area contributed by atoms with Crippen LogP contribution in [0.1, 0.15) is 6.42 Å². The van der Waals surface area contributed by atoms with E-state index >= 15 is 0 Å². The molecule has 1 amide bonds. The van der Waals surface area contributed by atoms with E-state index in [1.54, 1.807) is 0 Å². The summed E-state index contributed by atoms with van der Waals surface area (Å²) in [6.45, 7) is 1.05. The fourth-order valence-electron chi connectivity index (χ4n) is 3.29. The lowest BCUT2D eigenvalue weighted by Gasteiger charge is -2.23. The van der Waals surface area contributed by atoms with Gasteiger partial charge in [-0.2, -0.15) is 4.98 Å². The molecular weight excluding hydrogens is 348 g/mol. The van der Waals surface area contributed by atoms with Gasteiger partial charge >= 0.3 is 6.09 Å². The molecule has 0 aromatic carbocycles. The summed E-state index contributed by atoms with van der Waals surface area (Å²) in [5.41, 5.74) is -0.464. The molecule has 0 radical (unpaired) electrons. The van der Waals surface area contributed by atoms with E-state index in [1.165, 1.54) is 6.20 Å². The van der Waals surface area contributed by atoms with Gasteiger partial charge in [-0.25, -0.2) is 19.2 Å². The zero-order valence-electron chi connectivity index (χ0n) is 11.6. The van der Waals surface area contributed by atoms with Crippen LogP contribution in [0.5, 0.6) is 0 Å². The Bertz CT molecular complexity index is 851. The van der Waals surface area contributed by atoms with Gasteiger partial charge in [-0.3, -0.25) is 0 Å². The van der Waals surface area contributed by atoms with Crippen LogP contribution in [0.4, 0.5) is 15.0 Å². The molecule has 0 unspecified atom stereocenters. The van der Waals surface area contributed by atoms with Gasteiger partial charge in [0.1, 0.15) is 11.3 Å². The van der Waals surface area contributed by atoms with E-state index in [9.17, 15) is 9.18 Å². The Morgan fingerprint density at radius 2 is 2.26 bits per heavy atom. The smallest absolute Gasteiger partial charge is 0.405 e. The van der Waals surface area contributed by atoms with Crippen LogP contribution in [0.25, 0.3) is 10.9 Å². The predicted molar refractivity (Wildman–Crippen MR) is 81.5 cm³/mol. The topological polar surface area (TPSA) is 91.2 Å². The second kappa shape index (κ2) is 4.78. The zero-order valence-corrected chi connectivity index (χ0v) is 13.1. The maximum absolute atomic E-state index is 14.1. The van der Waals surface area contributed by atoms with Crippen LogP contribution in [0.15, 0.2) is 6.20 Å². The lowest BCUT2D eigenvalue weighted by atomic mass is 10.2. The van der Waals surface area contributed by atoms with Crippen molar-refractivity contribution < 1.29 is 14.3 Å². The molecule has 0 spiro atoms. The van der Waals surface area contributed by atoms with E-state index in [4.69, 9.17) is 28.3 Å². The molecule has 1 aliphatic heterocycles. The number of aromatic nitrogens is 3. The lowest BCUT2D eigenvalue weighted by Crippen LogP contribution is -2.41. The number of nitrogens with one attached hydrogen (secondary N) is 1. The fourth-order valence-corrected chi connectivity index (χ4v) is 3.59. The van der Waals surface area contributed by atoms with Gasteiger partial charge in [0.2, 0.25) is 5.28 Å². The molecule has 10 heteroatoms. The van der Waals surface area contributed by atoms with Crippen LogP contribution in [-0.2, 0) is 0 Å². The van der Waals surface area contributed by atoms with E-state index < -0.39 is 17.4 Å². The summed E-state index contributed by atoms with van der Waals surface area (Å²) in [4.78, 5) is 24.7. The Morgan fingerprint density at radius 1 is 1.48 bits per heavy atom. The van der Waals surface area contributed by atoms with Crippen LogP contribution in [0, 0.1) is 11.7 Å². The summed E-state index contributed by atoms with van der Waals surface area (Å²) < 4.78 is 14.1. The van der Waals surface area contributed by atoms with Crippen LogP contribution < -0.4 is 10.2 Å². The molecule has 1 saturated heterocycles. The average molecular weight is 358 g/mol.